The lowest BCUT2D eigenvalue weighted by atomic mass is 10.1. The second-order valence-corrected chi connectivity index (χ2v) is 5.25. The molecule has 0 aliphatic heterocycles. The lowest BCUT2D eigenvalue weighted by Crippen LogP contribution is -2.12. The molecule has 3 aromatic rings. The molecule has 0 radical (unpaired) electrons. The number of hydrogen-bond donors (Lipinski definition) is 3. The Morgan fingerprint density at radius 3 is 2.75 bits per heavy atom. The third kappa shape index (κ3) is 3.24. The predicted octanol–water partition coefficient (Wildman–Crippen LogP) is 3.21. The van der Waals surface area contributed by atoms with Crippen LogP contribution in [0.25, 0.3) is 11.3 Å². The first-order valence-corrected chi connectivity index (χ1v) is 7.34. The van der Waals surface area contributed by atoms with Crippen LogP contribution in [0.2, 0.25) is 0 Å². The summed E-state index contributed by atoms with van der Waals surface area (Å²) >= 11 is 0. The molecule has 0 unspecified atom stereocenters. The van der Waals surface area contributed by atoms with Gasteiger partial charge in [-0.25, -0.2) is 4.39 Å². The SMILES string of the molecule is CNc1ccc(C(=O)Nc2cc(-c3ccnc(C)c3)[nH]n2)cc1F. The Hall–Kier alpha value is -3.22. The maximum absolute atomic E-state index is 13.7. The van der Waals surface area contributed by atoms with Crippen LogP contribution >= 0.6 is 0 Å². The van der Waals surface area contributed by atoms with Crippen molar-refractivity contribution in [2.45, 2.75) is 6.92 Å². The largest absolute Gasteiger partial charge is 0.386 e. The Kier molecular flexibility index (Phi) is 4.24. The Labute approximate surface area is 138 Å². The number of aryl methyl sites for hydroxylation is 1. The molecule has 2 heterocycles. The molecule has 0 spiro atoms. The molecule has 3 rings (SSSR count). The summed E-state index contributed by atoms with van der Waals surface area (Å²) in [6.07, 6.45) is 1.70. The number of aromatic nitrogens is 3. The van der Waals surface area contributed by atoms with E-state index in [1.54, 1.807) is 25.4 Å². The van der Waals surface area contributed by atoms with Gasteiger partial charge in [-0.2, -0.15) is 5.10 Å². The maximum atomic E-state index is 13.7. The van der Waals surface area contributed by atoms with Gasteiger partial charge in [0.2, 0.25) is 0 Å². The van der Waals surface area contributed by atoms with Crippen LogP contribution in [0.4, 0.5) is 15.9 Å². The molecule has 0 aliphatic carbocycles. The van der Waals surface area contributed by atoms with Gasteiger partial charge < -0.3 is 10.6 Å². The summed E-state index contributed by atoms with van der Waals surface area (Å²) in [6.45, 7) is 1.89. The molecule has 0 aliphatic rings. The highest BCUT2D eigenvalue weighted by Crippen LogP contribution is 2.21. The number of amides is 1. The van der Waals surface area contributed by atoms with Gasteiger partial charge in [-0.3, -0.25) is 14.9 Å². The minimum absolute atomic E-state index is 0.218. The summed E-state index contributed by atoms with van der Waals surface area (Å²) in [5, 5.41) is 12.3. The van der Waals surface area contributed by atoms with Gasteiger partial charge in [-0.15, -0.1) is 0 Å². The molecule has 24 heavy (non-hydrogen) atoms. The number of nitrogens with zero attached hydrogens (tertiary/aromatic N) is 2. The number of benzene rings is 1. The van der Waals surface area contributed by atoms with Crippen molar-refractivity contribution in [3.63, 3.8) is 0 Å². The smallest absolute Gasteiger partial charge is 0.256 e. The molecule has 1 amide bonds. The quantitative estimate of drug-likeness (QED) is 0.688. The van der Waals surface area contributed by atoms with E-state index in [-0.39, 0.29) is 5.56 Å². The van der Waals surface area contributed by atoms with Crippen molar-refractivity contribution in [3.05, 3.63) is 59.7 Å². The number of carbonyl (C=O) groups is 1. The van der Waals surface area contributed by atoms with Crippen molar-refractivity contribution in [2.24, 2.45) is 0 Å². The van der Waals surface area contributed by atoms with Gasteiger partial charge in [0.1, 0.15) is 5.82 Å². The Bertz CT molecular complexity index is 890. The summed E-state index contributed by atoms with van der Waals surface area (Å²) in [5.41, 5.74) is 3.11. The van der Waals surface area contributed by atoms with Crippen LogP contribution in [-0.4, -0.2) is 28.1 Å². The first-order valence-electron chi connectivity index (χ1n) is 7.34. The van der Waals surface area contributed by atoms with E-state index in [1.807, 2.05) is 19.1 Å². The summed E-state index contributed by atoms with van der Waals surface area (Å²) in [5.74, 6) is -0.553. The number of carbonyl (C=O) groups excluding carboxylic acids is 1. The lowest BCUT2D eigenvalue weighted by Gasteiger charge is -2.05. The van der Waals surface area contributed by atoms with E-state index in [0.29, 0.717) is 11.5 Å². The fourth-order valence-corrected chi connectivity index (χ4v) is 2.29. The first kappa shape index (κ1) is 15.7. The zero-order valence-electron chi connectivity index (χ0n) is 13.2. The van der Waals surface area contributed by atoms with E-state index in [4.69, 9.17) is 0 Å². The first-order chi connectivity index (χ1) is 11.6. The van der Waals surface area contributed by atoms with Crippen LogP contribution < -0.4 is 10.6 Å². The number of pyridine rings is 1. The highest BCUT2D eigenvalue weighted by molar-refractivity contribution is 6.04. The van der Waals surface area contributed by atoms with E-state index >= 15 is 0 Å². The average Bonchev–Trinajstić information content (AvgIpc) is 3.03. The minimum atomic E-state index is -0.486. The zero-order valence-corrected chi connectivity index (χ0v) is 13.2. The third-order valence-corrected chi connectivity index (χ3v) is 3.53. The number of H-pyrrole nitrogens is 1. The monoisotopic (exact) mass is 325 g/mol. The van der Waals surface area contributed by atoms with Crippen molar-refractivity contribution >= 4 is 17.4 Å². The fourth-order valence-electron chi connectivity index (χ4n) is 2.29. The molecule has 0 saturated heterocycles. The highest BCUT2D eigenvalue weighted by atomic mass is 19.1. The fraction of sp³-hybridized carbons (Fsp3) is 0.118. The molecule has 0 saturated carbocycles. The number of halogens is 1. The van der Waals surface area contributed by atoms with Crippen LogP contribution in [0.15, 0.2) is 42.6 Å². The van der Waals surface area contributed by atoms with Crippen LogP contribution in [0.1, 0.15) is 16.1 Å². The molecule has 0 fully saturated rings. The molecule has 0 atom stereocenters. The Balaban J connectivity index is 1.77. The Morgan fingerprint density at radius 2 is 2.04 bits per heavy atom. The van der Waals surface area contributed by atoms with E-state index in [2.05, 4.69) is 25.8 Å². The second kappa shape index (κ2) is 6.49. The number of nitrogens with one attached hydrogen (secondary N) is 3. The number of hydrogen-bond acceptors (Lipinski definition) is 4. The van der Waals surface area contributed by atoms with Crippen LogP contribution in [-0.2, 0) is 0 Å². The predicted molar refractivity (Wildman–Crippen MR) is 90.5 cm³/mol. The van der Waals surface area contributed by atoms with E-state index in [0.717, 1.165) is 17.0 Å². The molecule has 0 bridgehead atoms. The summed E-state index contributed by atoms with van der Waals surface area (Å²) in [7, 11) is 1.62. The van der Waals surface area contributed by atoms with Crippen molar-refractivity contribution in [3.8, 4) is 11.3 Å². The molecule has 6 nitrogen and oxygen atoms in total. The van der Waals surface area contributed by atoms with Gasteiger partial charge in [-0.05, 0) is 37.3 Å². The molecule has 2 aromatic heterocycles. The van der Waals surface area contributed by atoms with Crippen LogP contribution in [0, 0.1) is 12.7 Å². The van der Waals surface area contributed by atoms with Crippen LogP contribution in [0.3, 0.4) is 0 Å². The van der Waals surface area contributed by atoms with Crippen molar-refractivity contribution in [1.82, 2.24) is 15.2 Å². The summed E-state index contributed by atoms with van der Waals surface area (Å²) in [4.78, 5) is 16.3. The van der Waals surface area contributed by atoms with Gasteiger partial charge in [0.05, 0.1) is 11.4 Å². The standard InChI is InChI=1S/C17H16FN5O/c1-10-7-11(5-6-20-10)15-9-16(23-22-15)21-17(24)12-3-4-14(19-2)13(18)8-12/h3-9,19H,1-2H3,(H2,21,22,23,24). The van der Waals surface area contributed by atoms with Gasteiger partial charge >= 0.3 is 0 Å². The third-order valence-electron chi connectivity index (χ3n) is 3.53. The molecule has 7 heteroatoms. The van der Waals surface area contributed by atoms with Crippen molar-refractivity contribution in [2.75, 3.05) is 17.7 Å². The molecule has 3 N–H and O–H groups in total. The number of anilines is 2. The molecule has 1 aromatic carbocycles. The average molecular weight is 325 g/mol. The molecular weight excluding hydrogens is 309 g/mol. The topological polar surface area (TPSA) is 82.7 Å². The van der Waals surface area contributed by atoms with E-state index < -0.39 is 11.7 Å². The lowest BCUT2D eigenvalue weighted by molar-refractivity contribution is 0.102. The second-order valence-electron chi connectivity index (χ2n) is 5.25. The maximum Gasteiger partial charge on any atom is 0.256 e. The minimum Gasteiger partial charge on any atom is -0.386 e. The van der Waals surface area contributed by atoms with Gasteiger partial charge in [0, 0.05) is 36.1 Å². The van der Waals surface area contributed by atoms with Gasteiger partial charge in [-0.1, -0.05) is 0 Å². The van der Waals surface area contributed by atoms with E-state index in [9.17, 15) is 9.18 Å². The summed E-state index contributed by atoms with van der Waals surface area (Å²) < 4.78 is 13.7. The molecule has 122 valence electrons. The van der Waals surface area contributed by atoms with Crippen molar-refractivity contribution < 1.29 is 9.18 Å². The van der Waals surface area contributed by atoms with Crippen LogP contribution in [0.5, 0.6) is 0 Å². The van der Waals surface area contributed by atoms with Crippen molar-refractivity contribution in [1.29, 1.82) is 0 Å². The number of aromatic amines is 1. The van der Waals surface area contributed by atoms with E-state index in [1.165, 1.54) is 12.1 Å². The summed E-state index contributed by atoms with van der Waals surface area (Å²) in [6, 6.07) is 9.71. The zero-order chi connectivity index (χ0) is 17.1. The molecular formula is C17H16FN5O. The van der Waals surface area contributed by atoms with Gasteiger partial charge in [0.25, 0.3) is 5.91 Å². The van der Waals surface area contributed by atoms with Gasteiger partial charge in [0.15, 0.2) is 5.82 Å². The number of rotatable bonds is 4. The highest BCUT2D eigenvalue weighted by Gasteiger charge is 2.12. The Morgan fingerprint density at radius 1 is 1.21 bits per heavy atom. The normalized spacial score (nSPS) is 10.5.